The molecule has 0 saturated heterocycles. The van der Waals surface area contributed by atoms with Crippen molar-refractivity contribution in [3.63, 3.8) is 0 Å². The summed E-state index contributed by atoms with van der Waals surface area (Å²) in [6, 6.07) is 0.607. The molecule has 0 heterocycles. The molecule has 64 valence electrons. The van der Waals surface area contributed by atoms with E-state index in [2.05, 4.69) is 0 Å². The second-order valence-electron chi connectivity index (χ2n) is 2.04. The zero-order chi connectivity index (χ0) is 9.30. The molecule has 0 fully saturated rings. The van der Waals surface area contributed by atoms with Gasteiger partial charge in [0.15, 0.2) is 11.6 Å². The van der Waals surface area contributed by atoms with Crippen LogP contribution in [0.2, 0.25) is 0 Å². The number of carboxylic acids is 1. The van der Waals surface area contributed by atoms with E-state index in [9.17, 15) is 23.1 Å². The van der Waals surface area contributed by atoms with Crippen LogP contribution in [-0.4, -0.2) is 5.97 Å². The van der Waals surface area contributed by atoms with Crippen molar-refractivity contribution in [2.75, 3.05) is 0 Å². The van der Waals surface area contributed by atoms with Gasteiger partial charge in [-0.25, -0.2) is 13.2 Å². The Morgan fingerprint density at radius 2 is 1.77 bits per heavy atom. The number of carbonyl (C=O) groups excluding carboxylic acids is 1. The number of benzene rings is 1. The van der Waals surface area contributed by atoms with E-state index in [-0.39, 0.29) is 35.6 Å². The van der Waals surface area contributed by atoms with Crippen LogP contribution in [0.1, 0.15) is 10.4 Å². The van der Waals surface area contributed by atoms with Gasteiger partial charge in [0.2, 0.25) is 0 Å². The van der Waals surface area contributed by atoms with Gasteiger partial charge in [-0.15, -0.1) is 0 Å². The van der Waals surface area contributed by atoms with Crippen LogP contribution in [0.5, 0.6) is 0 Å². The maximum Gasteiger partial charge on any atom is 1.00 e. The summed E-state index contributed by atoms with van der Waals surface area (Å²) in [5, 5.41) is 10.0. The molecule has 0 amide bonds. The zero-order valence-corrected chi connectivity index (χ0v) is 8.61. The summed E-state index contributed by atoms with van der Waals surface area (Å²) >= 11 is 0. The first-order chi connectivity index (χ1) is 5.52. The van der Waals surface area contributed by atoms with Crippen molar-refractivity contribution in [3.8, 4) is 0 Å². The van der Waals surface area contributed by atoms with Crippen molar-refractivity contribution in [3.05, 3.63) is 35.1 Å². The molecular weight excluding hydrogens is 196 g/mol. The third kappa shape index (κ3) is 2.72. The number of hydrogen-bond acceptors (Lipinski definition) is 2. The molecule has 0 bridgehead atoms. The Bertz CT molecular complexity index is 341. The molecule has 2 nitrogen and oxygen atoms in total. The Kier molecular flexibility index (Phi) is 4.46. The third-order valence-electron chi connectivity index (χ3n) is 1.21. The van der Waals surface area contributed by atoms with E-state index in [4.69, 9.17) is 0 Å². The van der Waals surface area contributed by atoms with Crippen LogP contribution in [0.4, 0.5) is 13.2 Å². The fraction of sp³-hybridized carbons (Fsp3) is 0. The second-order valence-corrected chi connectivity index (χ2v) is 2.04. The van der Waals surface area contributed by atoms with Crippen LogP contribution in [-0.2, 0) is 0 Å². The first kappa shape index (κ1) is 12.5. The fourth-order valence-corrected chi connectivity index (χ4v) is 0.705. The molecule has 0 aromatic heterocycles. The molecule has 0 radical (unpaired) electrons. The fourth-order valence-electron chi connectivity index (χ4n) is 0.705. The molecule has 13 heavy (non-hydrogen) atoms. The van der Waals surface area contributed by atoms with E-state index in [1.165, 1.54) is 0 Å². The Balaban J connectivity index is 0.00000144. The van der Waals surface area contributed by atoms with Gasteiger partial charge in [-0.05, 0) is 6.07 Å². The van der Waals surface area contributed by atoms with Crippen LogP contribution >= 0.6 is 0 Å². The van der Waals surface area contributed by atoms with Crippen molar-refractivity contribution in [1.29, 1.82) is 0 Å². The molecule has 0 spiro atoms. The van der Waals surface area contributed by atoms with Crippen LogP contribution in [0, 0.1) is 17.5 Å². The summed E-state index contributed by atoms with van der Waals surface area (Å²) < 4.78 is 37.0. The van der Waals surface area contributed by atoms with Crippen molar-refractivity contribution in [2.45, 2.75) is 0 Å². The van der Waals surface area contributed by atoms with Gasteiger partial charge >= 0.3 is 29.6 Å². The van der Waals surface area contributed by atoms with Crippen LogP contribution in [0.25, 0.3) is 0 Å². The van der Waals surface area contributed by atoms with Crippen LogP contribution in [0.15, 0.2) is 12.1 Å². The third-order valence-corrected chi connectivity index (χ3v) is 1.21. The van der Waals surface area contributed by atoms with Crippen molar-refractivity contribution < 1.29 is 52.6 Å². The summed E-state index contributed by atoms with van der Waals surface area (Å²) in [5.74, 6) is -6.27. The molecule has 1 aromatic carbocycles. The molecule has 0 atom stereocenters. The minimum Gasteiger partial charge on any atom is -0.545 e. The van der Waals surface area contributed by atoms with Gasteiger partial charge < -0.3 is 9.90 Å². The number of hydrogen-bond donors (Lipinski definition) is 0. The Hall–Kier alpha value is -0.520. The summed E-state index contributed by atoms with van der Waals surface area (Å²) in [7, 11) is 0. The second kappa shape index (κ2) is 4.64. The molecule has 0 aliphatic heterocycles. The summed E-state index contributed by atoms with van der Waals surface area (Å²) in [4.78, 5) is 10.0. The van der Waals surface area contributed by atoms with E-state index in [1.54, 1.807) is 0 Å². The summed E-state index contributed by atoms with van der Waals surface area (Å²) in [6.45, 7) is 0. The van der Waals surface area contributed by atoms with Crippen molar-refractivity contribution in [2.24, 2.45) is 0 Å². The number of aromatic carboxylic acids is 1. The summed E-state index contributed by atoms with van der Waals surface area (Å²) in [6.07, 6.45) is 0. The molecule has 1 aromatic rings. The molecule has 1 rings (SSSR count). The molecule has 0 aliphatic rings. The molecule has 0 saturated carbocycles. The predicted octanol–water partition coefficient (Wildman–Crippen LogP) is -2.53. The maximum absolute atomic E-state index is 12.5. The van der Waals surface area contributed by atoms with Gasteiger partial charge in [-0.2, -0.15) is 0 Å². The average Bonchev–Trinajstić information content (AvgIpc) is 1.96. The minimum absolute atomic E-state index is 0. The molecule has 0 aliphatic carbocycles. The monoisotopic (exact) mass is 198 g/mol. The van der Waals surface area contributed by atoms with Gasteiger partial charge in [-0.1, -0.05) is 0 Å². The number of carbonyl (C=O) groups is 1. The molecule has 0 N–H and O–H groups in total. The quantitative estimate of drug-likeness (QED) is 0.369. The number of carboxylic acid groups (broad SMARTS) is 1. The Morgan fingerprint density at radius 3 is 2.23 bits per heavy atom. The van der Waals surface area contributed by atoms with Crippen LogP contribution in [0.3, 0.4) is 0 Å². The van der Waals surface area contributed by atoms with Crippen molar-refractivity contribution >= 4 is 5.97 Å². The zero-order valence-electron chi connectivity index (χ0n) is 6.61. The van der Waals surface area contributed by atoms with Gasteiger partial charge in [0, 0.05) is 11.6 Å². The predicted molar refractivity (Wildman–Crippen MR) is 30.6 cm³/mol. The van der Waals surface area contributed by atoms with E-state index >= 15 is 0 Å². The molecule has 6 heteroatoms. The smallest absolute Gasteiger partial charge is 0.545 e. The van der Waals surface area contributed by atoms with E-state index < -0.39 is 29.0 Å². The number of rotatable bonds is 1. The molecular formula is C7H2F3NaO2. The van der Waals surface area contributed by atoms with Crippen LogP contribution < -0.4 is 34.7 Å². The first-order valence-electron chi connectivity index (χ1n) is 2.88. The van der Waals surface area contributed by atoms with Gasteiger partial charge in [0.25, 0.3) is 0 Å². The van der Waals surface area contributed by atoms with Gasteiger partial charge in [-0.3, -0.25) is 0 Å². The van der Waals surface area contributed by atoms with E-state index in [1.807, 2.05) is 0 Å². The Morgan fingerprint density at radius 1 is 1.23 bits per heavy atom. The van der Waals surface area contributed by atoms with Crippen molar-refractivity contribution in [1.82, 2.24) is 0 Å². The van der Waals surface area contributed by atoms with Gasteiger partial charge in [0.05, 0.1) is 5.97 Å². The largest absolute Gasteiger partial charge is 1.00 e. The average molecular weight is 198 g/mol. The first-order valence-corrected chi connectivity index (χ1v) is 2.88. The maximum atomic E-state index is 12.5. The van der Waals surface area contributed by atoms with Gasteiger partial charge in [0.1, 0.15) is 5.82 Å². The topological polar surface area (TPSA) is 40.1 Å². The SMILES string of the molecule is O=C([O-])c1cc(F)cc(F)c1F.[Na+]. The normalized spacial score (nSPS) is 9.15. The summed E-state index contributed by atoms with van der Waals surface area (Å²) in [5.41, 5.74) is -1.12. The number of halogens is 3. The molecule has 0 unspecified atom stereocenters. The Labute approximate surface area is 93.7 Å². The standard InChI is InChI=1S/C7H3F3O2.Na/c8-3-1-4(7(11)12)6(10)5(9)2-3;/h1-2H,(H,11,12);/q;+1/p-1. The van der Waals surface area contributed by atoms with E-state index in [0.29, 0.717) is 6.07 Å². The minimum atomic E-state index is -1.95. The van der Waals surface area contributed by atoms with E-state index in [0.717, 1.165) is 0 Å².